The first-order valence-corrected chi connectivity index (χ1v) is 8.53. The SMILES string of the molecule is COc1ccccc1CCNC(=O)Cc1c(C)n(C)c2ccccc12. The first-order chi connectivity index (χ1) is 12.1. The van der Waals surface area contributed by atoms with Gasteiger partial charge in [-0.25, -0.2) is 0 Å². The van der Waals surface area contributed by atoms with Crippen LogP contribution in [0, 0.1) is 6.92 Å². The van der Waals surface area contributed by atoms with Gasteiger partial charge in [0.15, 0.2) is 0 Å². The standard InChI is InChI=1S/C21H24N2O2/c1-15-18(17-9-5-6-10-19(17)23(15)2)14-21(24)22-13-12-16-8-4-7-11-20(16)25-3/h4-11H,12-14H2,1-3H3,(H,22,24). The van der Waals surface area contributed by atoms with E-state index in [1.807, 2.05) is 43.4 Å². The van der Waals surface area contributed by atoms with Crippen LogP contribution in [0.5, 0.6) is 5.75 Å². The lowest BCUT2D eigenvalue weighted by Crippen LogP contribution is -2.27. The Hall–Kier alpha value is -2.75. The van der Waals surface area contributed by atoms with E-state index in [0.29, 0.717) is 13.0 Å². The van der Waals surface area contributed by atoms with Crippen molar-refractivity contribution in [3.63, 3.8) is 0 Å². The molecule has 0 unspecified atom stereocenters. The molecule has 4 nitrogen and oxygen atoms in total. The maximum Gasteiger partial charge on any atom is 0.224 e. The fourth-order valence-electron chi connectivity index (χ4n) is 3.29. The van der Waals surface area contributed by atoms with E-state index >= 15 is 0 Å². The normalized spacial score (nSPS) is 10.8. The van der Waals surface area contributed by atoms with Crippen molar-refractivity contribution in [2.24, 2.45) is 7.05 Å². The average Bonchev–Trinajstić information content (AvgIpc) is 2.87. The van der Waals surface area contributed by atoms with Crippen LogP contribution in [0.2, 0.25) is 0 Å². The van der Waals surface area contributed by atoms with Gasteiger partial charge in [0.25, 0.3) is 0 Å². The van der Waals surface area contributed by atoms with Crippen molar-refractivity contribution in [3.05, 3.63) is 65.4 Å². The molecule has 3 rings (SSSR count). The Morgan fingerprint density at radius 2 is 1.84 bits per heavy atom. The van der Waals surface area contributed by atoms with Crippen LogP contribution in [0.3, 0.4) is 0 Å². The summed E-state index contributed by atoms with van der Waals surface area (Å²) >= 11 is 0. The second-order valence-electron chi connectivity index (χ2n) is 6.23. The molecule has 2 aromatic carbocycles. The number of aromatic nitrogens is 1. The number of carbonyl (C=O) groups is 1. The lowest BCUT2D eigenvalue weighted by Gasteiger charge is -2.09. The zero-order valence-electron chi connectivity index (χ0n) is 15.0. The molecule has 4 heteroatoms. The zero-order valence-corrected chi connectivity index (χ0v) is 15.0. The number of fused-ring (bicyclic) bond motifs is 1. The molecule has 0 bridgehead atoms. The van der Waals surface area contributed by atoms with Gasteiger partial charge in [-0.3, -0.25) is 4.79 Å². The maximum atomic E-state index is 12.4. The second kappa shape index (κ2) is 7.43. The molecule has 3 aromatic rings. The van der Waals surface area contributed by atoms with E-state index in [-0.39, 0.29) is 5.91 Å². The lowest BCUT2D eigenvalue weighted by molar-refractivity contribution is -0.120. The predicted molar refractivity (Wildman–Crippen MR) is 101 cm³/mol. The number of ether oxygens (including phenoxy) is 1. The van der Waals surface area contributed by atoms with Crippen molar-refractivity contribution >= 4 is 16.8 Å². The number of benzene rings is 2. The minimum absolute atomic E-state index is 0.0503. The van der Waals surface area contributed by atoms with Crippen LogP contribution < -0.4 is 10.1 Å². The summed E-state index contributed by atoms with van der Waals surface area (Å²) in [6, 6.07) is 16.1. The number of amides is 1. The first-order valence-electron chi connectivity index (χ1n) is 8.53. The van der Waals surface area contributed by atoms with Gasteiger partial charge < -0.3 is 14.6 Å². The van der Waals surface area contributed by atoms with Crippen molar-refractivity contribution in [3.8, 4) is 5.75 Å². The van der Waals surface area contributed by atoms with Crippen LogP contribution in [0.1, 0.15) is 16.8 Å². The largest absolute Gasteiger partial charge is 0.496 e. The Balaban J connectivity index is 1.65. The van der Waals surface area contributed by atoms with Crippen LogP contribution in [-0.4, -0.2) is 24.1 Å². The van der Waals surface area contributed by atoms with Gasteiger partial charge in [-0.1, -0.05) is 36.4 Å². The minimum atomic E-state index is 0.0503. The smallest absolute Gasteiger partial charge is 0.224 e. The maximum absolute atomic E-state index is 12.4. The van der Waals surface area contributed by atoms with Gasteiger partial charge in [-0.2, -0.15) is 0 Å². The lowest BCUT2D eigenvalue weighted by atomic mass is 10.1. The molecule has 25 heavy (non-hydrogen) atoms. The molecule has 1 amide bonds. The zero-order chi connectivity index (χ0) is 17.8. The first kappa shape index (κ1) is 17.1. The molecule has 0 radical (unpaired) electrons. The molecule has 0 fully saturated rings. The van der Waals surface area contributed by atoms with E-state index in [1.54, 1.807) is 7.11 Å². The fraction of sp³-hybridized carbons (Fsp3) is 0.286. The Morgan fingerprint density at radius 1 is 1.12 bits per heavy atom. The number of methoxy groups -OCH3 is 1. The number of rotatable bonds is 6. The van der Waals surface area contributed by atoms with Crippen molar-refractivity contribution in [1.82, 2.24) is 9.88 Å². The molecular formula is C21H24N2O2. The number of para-hydroxylation sites is 2. The Labute approximate surface area is 148 Å². The monoisotopic (exact) mass is 336 g/mol. The molecule has 1 heterocycles. The molecule has 0 saturated heterocycles. The van der Waals surface area contributed by atoms with E-state index in [9.17, 15) is 4.79 Å². The van der Waals surface area contributed by atoms with Crippen molar-refractivity contribution in [1.29, 1.82) is 0 Å². The third kappa shape index (κ3) is 3.53. The quantitative estimate of drug-likeness (QED) is 0.750. The van der Waals surface area contributed by atoms with Gasteiger partial charge in [-0.15, -0.1) is 0 Å². The second-order valence-corrected chi connectivity index (χ2v) is 6.23. The van der Waals surface area contributed by atoms with E-state index in [2.05, 4.69) is 28.9 Å². The highest BCUT2D eigenvalue weighted by molar-refractivity contribution is 5.90. The average molecular weight is 336 g/mol. The van der Waals surface area contributed by atoms with Crippen LogP contribution in [-0.2, 0) is 24.7 Å². The topological polar surface area (TPSA) is 43.3 Å². The minimum Gasteiger partial charge on any atom is -0.496 e. The summed E-state index contributed by atoms with van der Waals surface area (Å²) in [7, 11) is 3.71. The third-order valence-corrected chi connectivity index (χ3v) is 4.78. The molecule has 0 spiro atoms. The van der Waals surface area contributed by atoms with Crippen LogP contribution in [0.15, 0.2) is 48.5 Å². The summed E-state index contributed by atoms with van der Waals surface area (Å²) < 4.78 is 7.50. The van der Waals surface area contributed by atoms with Gasteiger partial charge in [-0.05, 0) is 36.6 Å². The number of hydrogen-bond donors (Lipinski definition) is 1. The summed E-state index contributed by atoms with van der Waals surface area (Å²) in [5, 5.41) is 4.18. The summed E-state index contributed by atoms with van der Waals surface area (Å²) in [5.74, 6) is 0.913. The molecule has 0 aliphatic rings. The summed E-state index contributed by atoms with van der Waals surface area (Å²) in [6.07, 6.45) is 1.16. The number of aryl methyl sites for hydroxylation is 1. The van der Waals surface area contributed by atoms with Crippen molar-refractivity contribution < 1.29 is 9.53 Å². The van der Waals surface area contributed by atoms with Crippen LogP contribution >= 0.6 is 0 Å². The highest BCUT2D eigenvalue weighted by Crippen LogP contribution is 2.25. The van der Waals surface area contributed by atoms with Gasteiger partial charge in [0.1, 0.15) is 5.75 Å². The van der Waals surface area contributed by atoms with Gasteiger partial charge in [0, 0.05) is 30.2 Å². The molecule has 130 valence electrons. The Kier molecular flexibility index (Phi) is 5.08. The number of nitrogens with zero attached hydrogens (tertiary/aromatic N) is 1. The van der Waals surface area contributed by atoms with Crippen molar-refractivity contribution in [2.75, 3.05) is 13.7 Å². The number of nitrogens with one attached hydrogen (secondary N) is 1. The molecule has 1 N–H and O–H groups in total. The number of hydrogen-bond acceptors (Lipinski definition) is 2. The van der Waals surface area contributed by atoms with Gasteiger partial charge >= 0.3 is 0 Å². The predicted octanol–water partition coefficient (Wildman–Crippen LogP) is 3.40. The van der Waals surface area contributed by atoms with E-state index in [4.69, 9.17) is 4.74 Å². The third-order valence-electron chi connectivity index (χ3n) is 4.78. The highest BCUT2D eigenvalue weighted by atomic mass is 16.5. The molecule has 0 atom stereocenters. The van der Waals surface area contributed by atoms with Gasteiger partial charge in [0.2, 0.25) is 5.91 Å². The van der Waals surface area contributed by atoms with Crippen molar-refractivity contribution in [2.45, 2.75) is 19.8 Å². The van der Waals surface area contributed by atoms with Gasteiger partial charge in [0.05, 0.1) is 13.5 Å². The summed E-state index contributed by atoms with van der Waals surface area (Å²) in [6.45, 7) is 2.67. The van der Waals surface area contributed by atoms with Crippen LogP contribution in [0.25, 0.3) is 10.9 Å². The van der Waals surface area contributed by atoms with E-state index in [0.717, 1.165) is 39.9 Å². The number of carbonyl (C=O) groups excluding carboxylic acids is 1. The molecule has 0 aliphatic carbocycles. The molecule has 0 saturated carbocycles. The molecule has 1 aromatic heterocycles. The molecular weight excluding hydrogens is 312 g/mol. The summed E-state index contributed by atoms with van der Waals surface area (Å²) in [4.78, 5) is 12.4. The highest BCUT2D eigenvalue weighted by Gasteiger charge is 2.14. The van der Waals surface area contributed by atoms with Crippen LogP contribution in [0.4, 0.5) is 0 Å². The van der Waals surface area contributed by atoms with E-state index < -0.39 is 0 Å². The molecule has 0 aliphatic heterocycles. The summed E-state index contributed by atoms with van der Waals surface area (Å²) in [5.41, 5.74) is 4.51. The Bertz CT molecular complexity index is 896. The fourth-order valence-corrected chi connectivity index (χ4v) is 3.29. The van der Waals surface area contributed by atoms with E-state index in [1.165, 1.54) is 0 Å². The Morgan fingerprint density at radius 3 is 2.64 bits per heavy atom.